The van der Waals surface area contributed by atoms with Crippen LogP contribution in [0.3, 0.4) is 0 Å². The monoisotopic (exact) mass is 201 g/mol. The van der Waals surface area contributed by atoms with Gasteiger partial charge in [0.15, 0.2) is 0 Å². The molecule has 0 rings (SSSR count). The lowest BCUT2D eigenvalue weighted by atomic mass is 9.96. The highest BCUT2D eigenvalue weighted by Gasteiger charge is 2.26. The third-order valence-electron chi connectivity index (χ3n) is 3.16. The molecule has 0 aliphatic rings. The summed E-state index contributed by atoms with van der Waals surface area (Å²) in [5.74, 6) is 0. The number of hydrogen-bond acceptors (Lipinski definition) is 3. The first kappa shape index (κ1) is 13.9. The average Bonchev–Trinajstić information content (AvgIpc) is 2.17. The van der Waals surface area contributed by atoms with E-state index in [2.05, 4.69) is 44.7 Å². The Kier molecular flexibility index (Phi) is 6.33. The molecular weight excluding hydrogens is 174 g/mol. The van der Waals surface area contributed by atoms with Gasteiger partial charge in [0.1, 0.15) is 0 Å². The van der Waals surface area contributed by atoms with Crippen molar-refractivity contribution in [3.63, 3.8) is 0 Å². The maximum atomic E-state index is 5.85. The van der Waals surface area contributed by atoms with E-state index in [4.69, 9.17) is 5.73 Å². The summed E-state index contributed by atoms with van der Waals surface area (Å²) in [4.78, 5) is 4.70. The highest BCUT2D eigenvalue weighted by Crippen LogP contribution is 2.17. The fraction of sp³-hybridized carbons (Fsp3) is 1.00. The van der Waals surface area contributed by atoms with Gasteiger partial charge in [-0.25, -0.2) is 0 Å². The second-order valence-corrected chi connectivity index (χ2v) is 4.44. The quantitative estimate of drug-likeness (QED) is 0.667. The van der Waals surface area contributed by atoms with Crippen LogP contribution in [0.2, 0.25) is 0 Å². The Labute approximate surface area is 89.2 Å². The van der Waals surface area contributed by atoms with E-state index < -0.39 is 0 Å². The molecule has 0 spiro atoms. The number of nitrogens with zero attached hydrogens (tertiary/aromatic N) is 2. The van der Waals surface area contributed by atoms with Crippen molar-refractivity contribution in [2.75, 3.05) is 40.3 Å². The topological polar surface area (TPSA) is 32.5 Å². The molecule has 3 heteroatoms. The smallest absolute Gasteiger partial charge is 0.0301 e. The minimum atomic E-state index is 0.171. The molecule has 0 radical (unpaired) electrons. The Morgan fingerprint density at radius 1 is 1.14 bits per heavy atom. The predicted octanol–water partition coefficient (Wildman–Crippen LogP) is 0.997. The number of rotatable bonds is 7. The largest absolute Gasteiger partial charge is 0.329 e. The van der Waals surface area contributed by atoms with Crippen LogP contribution in [-0.2, 0) is 0 Å². The summed E-state index contributed by atoms with van der Waals surface area (Å²) in [5.41, 5.74) is 6.02. The number of hydrogen-bond donors (Lipinski definition) is 1. The van der Waals surface area contributed by atoms with Crippen molar-refractivity contribution < 1.29 is 0 Å². The molecule has 0 aliphatic carbocycles. The van der Waals surface area contributed by atoms with Crippen molar-refractivity contribution >= 4 is 0 Å². The molecule has 0 aromatic heterocycles. The van der Waals surface area contributed by atoms with E-state index in [0.717, 1.165) is 32.6 Å². The van der Waals surface area contributed by atoms with E-state index in [1.54, 1.807) is 0 Å². The van der Waals surface area contributed by atoms with Gasteiger partial charge in [0.25, 0.3) is 0 Å². The molecule has 3 nitrogen and oxygen atoms in total. The van der Waals surface area contributed by atoms with E-state index in [-0.39, 0.29) is 5.54 Å². The minimum Gasteiger partial charge on any atom is -0.329 e. The van der Waals surface area contributed by atoms with Gasteiger partial charge < -0.3 is 10.6 Å². The summed E-state index contributed by atoms with van der Waals surface area (Å²) in [5, 5.41) is 0. The van der Waals surface area contributed by atoms with Crippen LogP contribution < -0.4 is 5.73 Å². The first-order valence-electron chi connectivity index (χ1n) is 5.60. The summed E-state index contributed by atoms with van der Waals surface area (Å²) in [6.07, 6.45) is 1.12. The molecular formula is C11H27N3. The average molecular weight is 201 g/mol. The fourth-order valence-electron chi connectivity index (χ4n) is 1.63. The lowest BCUT2D eigenvalue weighted by Crippen LogP contribution is -2.52. The van der Waals surface area contributed by atoms with Gasteiger partial charge in [-0.1, -0.05) is 13.8 Å². The van der Waals surface area contributed by atoms with Crippen LogP contribution in [0.25, 0.3) is 0 Å². The van der Waals surface area contributed by atoms with Crippen molar-refractivity contribution in [2.24, 2.45) is 5.73 Å². The molecule has 2 N–H and O–H groups in total. The van der Waals surface area contributed by atoms with E-state index in [1.807, 2.05) is 0 Å². The highest BCUT2D eigenvalue weighted by molar-refractivity contribution is 4.85. The van der Waals surface area contributed by atoms with Crippen LogP contribution in [-0.4, -0.2) is 55.6 Å². The lowest BCUT2D eigenvalue weighted by Gasteiger charge is -2.40. The lowest BCUT2D eigenvalue weighted by molar-refractivity contribution is 0.103. The van der Waals surface area contributed by atoms with Gasteiger partial charge in [-0.2, -0.15) is 0 Å². The Balaban J connectivity index is 4.22. The summed E-state index contributed by atoms with van der Waals surface area (Å²) in [7, 11) is 4.22. The van der Waals surface area contributed by atoms with E-state index in [9.17, 15) is 0 Å². The molecule has 1 atom stereocenters. The maximum Gasteiger partial charge on any atom is 0.0301 e. The third-order valence-corrected chi connectivity index (χ3v) is 3.16. The van der Waals surface area contributed by atoms with E-state index in [0.29, 0.717) is 0 Å². The highest BCUT2D eigenvalue weighted by atomic mass is 15.2. The molecule has 0 amide bonds. The molecule has 86 valence electrons. The predicted molar refractivity (Wildman–Crippen MR) is 63.6 cm³/mol. The second kappa shape index (κ2) is 6.38. The van der Waals surface area contributed by atoms with Crippen LogP contribution >= 0.6 is 0 Å². The molecule has 1 unspecified atom stereocenters. The summed E-state index contributed by atoms with van der Waals surface area (Å²) < 4.78 is 0. The van der Waals surface area contributed by atoms with Crippen LogP contribution in [0.5, 0.6) is 0 Å². The van der Waals surface area contributed by atoms with Gasteiger partial charge in [-0.05, 0) is 34.0 Å². The zero-order valence-corrected chi connectivity index (χ0v) is 10.5. The van der Waals surface area contributed by atoms with Gasteiger partial charge in [0.05, 0.1) is 0 Å². The van der Waals surface area contributed by atoms with Gasteiger partial charge in [-0.15, -0.1) is 0 Å². The Bertz CT molecular complexity index is 141. The molecule has 0 bridgehead atoms. The first-order chi connectivity index (χ1) is 6.50. The molecule has 0 aliphatic heterocycles. The van der Waals surface area contributed by atoms with Gasteiger partial charge in [0, 0.05) is 25.2 Å². The Morgan fingerprint density at radius 2 is 1.71 bits per heavy atom. The van der Waals surface area contributed by atoms with Crippen LogP contribution in [0.4, 0.5) is 0 Å². The molecule has 0 heterocycles. The van der Waals surface area contributed by atoms with E-state index in [1.165, 1.54) is 0 Å². The molecule has 0 saturated carbocycles. The Morgan fingerprint density at radius 3 is 2.00 bits per heavy atom. The van der Waals surface area contributed by atoms with Gasteiger partial charge in [0.2, 0.25) is 0 Å². The van der Waals surface area contributed by atoms with Crippen LogP contribution in [0, 0.1) is 0 Å². The van der Waals surface area contributed by atoms with Crippen molar-refractivity contribution in [1.29, 1.82) is 0 Å². The number of nitrogens with two attached hydrogens (primary N) is 1. The second-order valence-electron chi connectivity index (χ2n) is 4.44. The molecule has 0 fully saturated rings. The van der Waals surface area contributed by atoms with Crippen molar-refractivity contribution in [1.82, 2.24) is 9.80 Å². The minimum absolute atomic E-state index is 0.171. The summed E-state index contributed by atoms with van der Waals surface area (Å²) in [6, 6.07) is 0. The molecule has 14 heavy (non-hydrogen) atoms. The Hall–Kier alpha value is -0.120. The SMILES string of the molecule is CCN(CCN(C)C)C(C)(CC)CN. The zero-order chi connectivity index (χ0) is 11.2. The standard InChI is InChI=1S/C11H27N3/c1-6-11(3,10-12)14(7-2)9-8-13(4)5/h6-10,12H2,1-5H3. The zero-order valence-electron chi connectivity index (χ0n) is 10.5. The van der Waals surface area contributed by atoms with Crippen LogP contribution in [0.15, 0.2) is 0 Å². The van der Waals surface area contributed by atoms with Gasteiger partial charge >= 0.3 is 0 Å². The van der Waals surface area contributed by atoms with Crippen LogP contribution in [0.1, 0.15) is 27.2 Å². The molecule has 0 aromatic carbocycles. The molecule has 0 saturated heterocycles. The fourth-order valence-corrected chi connectivity index (χ4v) is 1.63. The van der Waals surface area contributed by atoms with Crippen molar-refractivity contribution in [3.8, 4) is 0 Å². The summed E-state index contributed by atoms with van der Waals surface area (Å²) >= 11 is 0. The van der Waals surface area contributed by atoms with Crippen molar-refractivity contribution in [3.05, 3.63) is 0 Å². The van der Waals surface area contributed by atoms with Crippen molar-refractivity contribution in [2.45, 2.75) is 32.7 Å². The normalized spacial score (nSPS) is 16.3. The third kappa shape index (κ3) is 3.95. The van der Waals surface area contributed by atoms with Gasteiger partial charge in [-0.3, -0.25) is 4.90 Å². The molecule has 0 aromatic rings. The maximum absolute atomic E-state index is 5.85. The van der Waals surface area contributed by atoms with E-state index >= 15 is 0 Å². The first-order valence-corrected chi connectivity index (χ1v) is 5.60. The summed E-state index contributed by atoms with van der Waals surface area (Å²) in [6.45, 7) is 10.7. The number of likely N-dealkylation sites (N-methyl/N-ethyl adjacent to an activating group) is 2.